The Morgan fingerprint density at radius 1 is 0.645 bits per heavy atom. The van der Waals surface area contributed by atoms with E-state index in [1.165, 1.54) is 0 Å². The molecule has 1 heterocycles. The van der Waals surface area contributed by atoms with Crippen LogP contribution < -0.4 is 5.32 Å². The molecule has 31 heavy (non-hydrogen) atoms. The third-order valence-electron chi connectivity index (χ3n) is 5.27. The summed E-state index contributed by atoms with van der Waals surface area (Å²) < 4.78 is 18.9. The first-order valence-corrected chi connectivity index (χ1v) is 10.9. The Bertz CT molecular complexity index is 937. The molecule has 1 aliphatic heterocycles. The summed E-state index contributed by atoms with van der Waals surface area (Å²) in [4.78, 5) is 0.661. The Hall–Kier alpha value is -2.57. The fraction of sp³-hybridized carbons (Fsp3) is 0.269. The van der Waals surface area contributed by atoms with Gasteiger partial charge in [-0.3, -0.25) is 0 Å². The highest BCUT2D eigenvalue weighted by atomic mass is 32.1. The Morgan fingerprint density at radius 3 is 1.61 bits per heavy atom. The van der Waals surface area contributed by atoms with Crippen LogP contribution in [0.1, 0.15) is 16.7 Å². The van der Waals surface area contributed by atoms with Crippen molar-refractivity contribution in [3.63, 3.8) is 0 Å². The van der Waals surface area contributed by atoms with Gasteiger partial charge in [-0.05, 0) is 16.7 Å². The number of benzene rings is 3. The minimum absolute atomic E-state index is 0.184. The number of hydrogen-bond donors (Lipinski definition) is 1. The Kier molecular flexibility index (Phi) is 7.80. The van der Waals surface area contributed by atoms with Crippen molar-refractivity contribution >= 4 is 17.2 Å². The van der Waals surface area contributed by atoms with Crippen molar-refractivity contribution in [3.05, 3.63) is 108 Å². The normalized spacial score (nSPS) is 20.9. The van der Waals surface area contributed by atoms with Gasteiger partial charge in [0.25, 0.3) is 0 Å². The molecule has 5 heteroatoms. The number of ether oxygens (including phenoxy) is 3. The monoisotopic (exact) mass is 433 g/mol. The number of thiocarbonyl (C=S) groups is 1. The molecule has 1 aliphatic rings. The molecule has 0 bridgehead atoms. The van der Waals surface area contributed by atoms with Crippen LogP contribution in [0.15, 0.2) is 91.0 Å². The predicted molar refractivity (Wildman–Crippen MR) is 126 cm³/mol. The lowest BCUT2D eigenvalue weighted by molar-refractivity contribution is -0.137. The van der Waals surface area contributed by atoms with Crippen LogP contribution in [0, 0.1) is 0 Å². The molecule has 0 spiro atoms. The quantitative estimate of drug-likeness (QED) is 0.497. The molecule has 3 aromatic rings. The maximum atomic E-state index is 6.36. The third-order valence-corrected chi connectivity index (χ3v) is 5.64. The van der Waals surface area contributed by atoms with Gasteiger partial charge in [0.05, 0.1) is 19.8 Å². The summed E-state index contributed by atoms with van der Waals surface area (Å²) in [5, 5.41) is 3.28. The highest BCUT2D eigenvalue weighted by molar-refractivity contribution is 7.80. The highest BCUT2D eigenvalue weighted by Crippen LogP contribution is 2.22. The summed E-state index contributed by atoms with van der Waals surface area (Å²) in [5.41, 5.74) is 3.33. The molecule has 0 aromatic heterocycles. The molecule has 160 valence electrons. The van der Waals surface area contributed by atoms with E-state index in [-0.39, 0.29) is 18.3 Å². The average Bonchev–Trinajstić information content (AvgIpc) is 2.83. The van der Waals surface area contributed by atoms with E-state index >= 15 is 0 Å². The van der Waals surface area contributed by atoms with Gasteiger partial charge in [0.1, 0.15) is 23.3 Å². The smallest absolute Gasteiger partial charge is 0.137 e. The minimum atomic E-state index is -0.381. The van der Waals surface area contributed by atoms with Gasteiger partial charge in [0.2, 0.25) is 0 Å². The highest BCUT2D eigenvalue weighted by Gasteiger charge is 2.39. The first kappa shape index (κ1) is 21.7. The predicted octanol–water partition coefficient (Wildman–Crippen LogP) is 4.67. The van der Waals surface area contributed by atoms with E-state index in [0.29, 0.717) is 31.4 Å². The van der Waals surface area contributed by atoms with E-state index in [2.05, 4.69) is 29.6 Å². The maximum Gasteiger partial charge on any atom is 0.137 e. The molecular formula is C26H27NO3S. The summed E-state index contributed by atoms with van der Waals surface area (Å²) >= 11 is 5.61. The molecule has 1 fully saturated rings. The molecular weight excluding hydrogens is 406 g/mol. The molecule has 1 N–H and O–H groups in total. The molecule has 4 nitrogen and oxygen atoms in total. The van der Waals surface area contributed by atoms with Gasteiger partial charge in [-0.25, -0.2) is 0 Å². The molecule has 0 unspecified atom stereocenters. The molecule has 0 aliphatic carbocycles. The Labute approximate surface area is 189 Å². The number of rotatable bonds is 9. The van der Waals surface area contributed by atoms with E-state index in [9.17, 15) is 0 Å². The van der Waals surface area contributed by atoms with E-state index in [1.807, 2.05) is 66.7 Å². The zero-order valence-corrected chi connectivity index (χ0v) is 18.2. The van der Waals surface area contributed by atoms with Crippen molar-refractivity contribution in [2.75, 3.05) is 6.54 Å². The molecule has 0 saturated carbocycles. The molecule has 4 rings (SSSR count). The Balaban J connectivity index is 1.47. The van der Waals surface area contributed by atoms with Crippen LogP contribution in [-0.2, 0) is 34.0 Å². The van der Waals surface area contributed by atoms with Gasteiger partial charge in [0, 0.05) is 6.54 Å². The number of piperidine rings is 1. The molecule has 0 radical (unpaired) electrons. The number of hydrogen-bond acceptors (Lipinski definition) is 4. The Morgan fingerprint density at radius 2 is 1.10 bits per heavy atom. The minimum Gasteiger partial charge on any atom is -0.375 e. The van der Waals surface area contributed by atoms with Gasteiger partial charge < -0.3 is 19.5 Å². The second-order valence-corrected chi connectivity index (χ2v) is 8.00. The maximum absolute atomic E-state index is 6.36. The fourth-order valence-electron chi connectivity index (χ4n) is 3.59. The lowest BCUT2D eigenvalue weighted by Gasteiger charge is -2.38. The van der Waals surface area contributed by atoms with Crippen LogP contribution >= 0.6 is 12.2 Å². The average molecular weight is 434 g/mol. The van der Waals surface area contributed by atoms with Gasteiger partial charge in [0.15, 0.2) is 0 Å². The topological polar surface area (TPSA) is 39.7 Å². The van der Waals surface area contributed by atoms with Crippen molar-refractivity contribution in [2.45, 2.75) is 38.1 Å². The summed E-state index contributed by atoms with van der Waals surface area (Å²) in [6.45, 7) is 2.04. The van der Waals surface area contributed by atoms with Crippen LogP contribution in [0.3, 0.4) is 0 Å². The van der Waals surface area contributed by atoms with Crippen molar-refractivity contribution in [1.82, 2.24) is 5.32 Å². The second kappa shape index (κ2) is 11.2. The zero-order valence-electron chi connectivity index (χ0n) is 17.4. The van der Waals surface area contributed by atoms with Crippen molar-refractivity contribution in [1.29, 1.82) is 0 Å². The van der Waals surface area contributed by atoms with Crippen LogP contribution in [0.5, 0.6) is 0 Å². The summed E-state index contributed by atoms with van der Waals surface area (Å²) in [5.74, 6) is 0. The van der Waals surface area contributed by atoms with Crippen molar-refractivity contribution < 1.29 is 14.2 Å². The first-order chi connectivity index (χ1) is 15.3. The molecule has 1 saturated heterocycles. The lowest BCUT2D eigenvalue weighted by Crippen LogP contribution is -2.59. The van der Waals surface area contributed by atoms with Crippen LogP contribution in [0.2, 0.25) is 0 Å². The summed E-state index contributed by atoms with van der Waals surface area (Å²) in [7, 11) is 0. The van der Waals surface area contributed by atoms with E-state index in [1.54, 1.807) is 0 Å². The van der Waals surface area contributed by atoms with Gasteiger partial charge in [-0.15, -0.1) is 0 Å². The second-order valence-electron chi connectivity index (χ2n) is 7.56. The third kappa shape index (κ3) is 6.21. The summed E-state index contributed by atoms with van der Waals surface area (Å²) in [6, 6.07) is 30.4. The van der Waals surface area contributed by atoms with Crippen LogP contribution in [0.25, 0.3) is 0 Å². The SMILES string of the molecule is S=C1NC[C@@H](OCc2ccccc2)[C@@H](OCc2ccccc2)[C@@H]1OCc1ccccc1. The molecule has 0 amide bonds. The molecule has 3 aromatic carbocycles. The summed E-state index contributed by atoms with van der Waals surface area (Å²) in [6.07, 6.45) is -0.869. The van der Waals surface area contributed by atoms with Gasteiger partial charge >= 0.3 is 0 Å². The van der Waals surface area contributed by atoms with Gasteiger partial charge in [-0.2, -0.15) is 0 Å². The van der Waals surface area contributed by atoms with E-state index in [0.717, 1.165) is 16.7 Å². The van der Waals surface area contributed by atoms with Crippen LogP contribution in [0.4, 0.5) is 0 Å². The van der Waals surface area contributed by atoms with E-state index in [4.69, 9.17) is 26.4 Å². The van der Waals surface area contributed by atoms with Crippen molar-refractivity contribution in [2.24, 2.45) is 0 Å². The van der Waals surface area contributed by atoms with Gasteiger partial charge in [-0.1, -0.05) is 103 Å². The largest absolute Gasteiger partial charge is 0.375 e. The van der Waals surface area contributed by atoms with Crippen molar-refractivity contribution in [3.8, 4) is 0 Å². The van der Waals surface area contributed by atoms with Crippen LogP contribution in [-0.4, -0.2) is 29.8 Å². The molecule has 3 atom stereocenters. The lowest BCUT2D eigenvalue weighted by atomic mass is 10.0. The fourth-order valence-corrected chi connectivity index (χ4v) is 3.87. The number of nitrogens with one attached hydrogen (secondary N) is 1. The first-order valence-electron chi connectivity index (χ1n) is 10.5. The zero-order chi connectivity index (χ0) is 21.3. The van der Waals surface area contributed by atoms with E-state index < -0.39 is 0 Å². The standard InChI is InChI=1S/C26H27NO3S/c31-26-25(30-19-22-14-8-3-9-15-22)24(29-18-21-12-6-2-7-13-21)23(16-27-26)28-17-20-10-4-1-5-11-20/h1-15,23-25H,16-19H2,(H,27,31)/t23-,24-,25+/m1/s1.